The number of carbonyl (C=O) groups is 1. The van der Waals surface area contributed by atoms with E-state index < -0.39 is 12.1 Å². The third-order valence-electron chi connectivity index (χ3n) is 6.60. The first-order chi connectivity index (χ1) is 17.0. The number of rotatable bonds is 11. The minimum atomic E-state index is -0.907. The second-order valence-corrected chi connectivity index (χ2v) is 9.15. The molecular weight excluding hydrogens is 451 g/mol. The number of aliphatic hydroxyl groups excluding tert-OH is 1. The lowest BCUT2D eigenvalue weighted by molar-refractivity contribution is -0.123. The minimum Gasteiger partial charge on any atom is -0.493 e. The van der Waals surface area contributed by atoms with Crippen molar-refractivity contribution in [2.24, 2.45) is 0 Å². The molecule has 4 rings (SSSR count). The summed E-state index contributed by atoms with van der Waals surface area (Å²) in [6.07, 6.45) is 3.68. The number of halogens is 1. The lowest BCUT2D eigenvalue weighted by Gasteiger charge is -2.32. The summed E-state index contributed by atoms with van der Waals surface area (Å²) in [7, 11) is 0. The van der Waals surface area contributed by atoms with E-state index in [1.54, 1.807) is 12.1 Å². The van der Waals surface area contributed by atoms with Crippen molar-refractivity contribution < 1.29 is 28.5 Å². The Hall–Kier alpha value is -2.84. The molecule has 0 saturated carbocycles. The average Bonchev–Trinajstić information content (AvgIpc) is 3.31. The molecule has 190 valence electrons. The van der Waals surface area contributed by atoms with Gasteiger partial charge in [-0.25, -0.2) is 4.39 Å². The Morgan fingerprint density at radius 1 is 1.20 bits per heavy atom. The number of fused-ring (bicyclic) bond motifs is 1. The molecule has 0 bridgehead atoms. The van der Waals surface area contributed by atoms with Crippen molar-refractivity contribution in [2.45, 2.75) is 57.2 Å². The van der Waals surface area contributed by atoms with Crippen molar-refractivity contribution in [3.05, 3.63) is 53.8 Å². The third-order valence-corrected chi connectivity index (χ3v) is 6.60. The van der Waals surface area contributed by atoms with Gasteiger partial charge < -0.3 is 24.6 Å². The number of nitrogens with zero attached hydrogens (tertiary/aromatic N) is 1. The van der Waals surface area contributed by atoms with E-state index in [2.05, 4.69) is 17.1 Å². The molecular formula is C27H35FN2O5. The number of amides is 1. The normalized spacial score (nSPS) is 19.2. The standard InChI is InChI=1S/C27H35FN2O5/c1-2-4-21-5-3-13-30(21)18-23(27(32)19-6-11-24-25(17-19)35-16-15-34-24)29-26(31)12-14-33-22-9-7-20(28)8-10-22/h6-11,17,21,23,27,32H,2-5,12-16,18H2,1H3,(H,29,31)/t21?,23-,27-/m1/s1. The van der Waals surface area contributed by atoms with Crippen LogP contribution in [0.15, 0.2) is 42.5 Å². The van der Waals surface area contributed by atoms with E-state index >= 15 is 0 Å². The fourth-order valence-corrected chi connectivity index (χ4v) is 4.82. The van der Waals surface area contributed by atoms with Gasteiger partial charge in [0.1, 0.15) is 30.9 Å². The van der Waals surface area contributed by atoms with Gasteiger partial charge in [-0.2, -0.15) is 0 Å². The first-order valence-corrected chi connectivity index (χ1v) is 12.5. The smallest absolute Gasteiger partial charge is 0.223 e. The molecule has 2 aliphatic heterocycles. The van der Waals surface area contributed by atoms with Crippen LogP contribution in [0.2, 0.25) is 0 Å². The largest absolute Gasteiger partial charge is 0.493 e. The molecule has 35 heavy (non-hydrogen) atoms. The lowest BCUT2D eigenvalue weighted by Crippen LogP contribution is -2.48. The maximum absolute atomic E-state index is 13.1. The van der Waals surface area contributed by atoms with E-state index in [1.807, 2.05) is 6.07 Å². The fourth-order valence-electron chi connectivity index (χ4n) is 4.82. The Morgan fingerprint density at radius 3 is 2.74 bits per heavy atom. The molecule has 2 aromatic rings. The molecule has 0 aromatic heterocycles. The molecule has 0 radical (unpaired) electrons. The van der Waals surface area contributed by atoms with Gasteiger partial charge in [0, 0.05) is 12.6 Å². The molecule has 1 fully saturated rings. The van der Waals surface area contributed by atoms with Crippen molar-refractivity contribution in [3.8, 4) is 17.2 Å². The number of aliphatic hydroxyl groups is 1. The summed E-state index contributed by atoms with van der Waals surface area (Å²) < 4.78 is 29.9. The Bertz CT molecular complexity index is 971. The lowest BCUT2D eigenvalue weighted by atomic mass is 10.00. The van der Waals surface area contributed by atoms with Crippen molar-refractivity contribution in [1.29, 1.82) is 0 Å². The molecule has 3 atom stereocenters. The van der Waals surface area contributed by atoms with E-state index in [-0.39, 0.29) is 24.8 Å². The number of hydrogen-bond acceptors (Lipinski definition) is 6. The molecule has 2 aliphatic rings. The Balaban J connectivity index is 1.42. The molecule has 0 spiro atoms. The van der Waals surface area contributed by atoms with Gasteiger partial charge in [0.2, 0.25) is 5.91 Å². The third kappa shape index (κ3) is 6.86. The van der Waals surface area contributed by atoms with Gasteiger partial charge in [-0.1, -0.05) is 19.4 Å². The zero-order valence-corrected chi connectivity index (χ0v) is 20.2. The maximum Gasteiger partial charge on any atom is 0.223 e. The first kappa shape index (κ1) is 25.3. The Morgan fingerprint density at radius 2 is 1.97 bits per heavy atom. The number of hydrogen-bond donors (Lipinski definition) is 2. The number of nitrogens with one attached hydrogen (secondary N) is 1. The van der Waals surface area contributed by atoms with Gasteiger partial charge >= 0.3 is 0 Å². The Labute approximate surface area is 206 Å². The monoisotopic (exact) mass is 486 g/mol. The van der Waals surface area contributed by atoms with Gasteiger partial charge in [0.15, 0.2) is 11.5 Å². The summed E-state index contributed by atoms with van der Waals surface area (Å²) in [5.74, 6) is 1.23. The molecule has 8 heteroatoms. The van der Waals surface area contributed by atoms with Crippen molar-refractivity contribution in [1.82, 2.24) is 10.2 Å². The van der Waals surface area contributed by atoms with E-state index in [0.717, 1.165) is 32.2 Å². The summed E-state index contributed by atoms with van der Waals surface area (Å²) in [6, 6.07) is 11.1. The van der Waals surface area contributed by atoms with E-state index in [1.165, 1.54) is 24.3 Å². The van der Waals surface area contributed by atoms with Crippen LogP contribution in [0.1, 0.15) is 50.7 Å². The summed E-state index contributed by atoms with van der Waals surface area (Å²) in [5.41, 5.74) is 0.674. The average molecular weight is 487 g/mol. The van der Waals surface area contributed by atoms with Crippen LogP contribution in [0.5, 0.6) is 17.2 Å². The van der Waals surface area contributed by atoms with Gasteiger partial charge in [0.05, 0.1) is 19.1 Å². The number of ether oxygens (including phenoxy) is 3. The van der Waals surface area contributed by atoms with Gasteiger partial charge in [-0.3, -0.25) is 9.69 Å². The second kappa shape index (κ2) is 12.2. The Kier molecular flexibility index (Phi) is 8.82. The topological polar surface area (TPSA) is 80.3 Å². The zero-order chi connectivity index (χ0) is 24.6. The van der Waals surface area contributed by atoms with Gasteiger partial charge in [-0.05, 0) is 67.8 Å². The number of likely N-dealkylation sites (tertiary alicyclic amines) is 1. The molecule has 2 heterocycles. The number of carbonyl (C=O) groups excluding carboxylic acids is 1. The van der Waals surface area contributed by atoms with Crippen LogP contribution in [0, 0.1) is 5.82 Å². The second-order valence-electron chi connectivity index (χ2n) is 9.15. The molecule has 2 N–H and O–H groups in total. The molecule has 2 aromatic carbocycles. The molecule has 1 unspecified atom stereocenters. The van der Waals surface area contributed by atoms with Crippen LogP contribution in [-0.2, 0) is 4.79 Å². The molecule has 0 aliphatic carbocycles. The molecule has 1 saturated heterocycles. The summed E-state index contributed by atoms with van der Waals surface area (Å²) in [6.45, 7) is 4.82. The predicted molar refractivity (Wildman–Crippen MR) is 130 cm³/mol. The van der Waals surface area contributed by atoms with Crippen molar-refractivity contribution in [2.75, 3.05) is 32.9 Å². The highest BCUT2D eigenvalue weighted by Crippen LogP contribution is 2.34. The molecule has 1 amide bonds. The number of benzene rings is 2. The first-order valence-electron chi connectivity index (χ1n) is 12.5. The van der Waals surface area contributed by atoms with Crippen LogP contribution in [-0.4, -0.2) is 60.9 Å². The highest BCUT2D eigenvalue weighted by Gasteiger charge is 2.31. The SMILES string of the molecule is CCCC1CCCN1C[C@@H](NC(=O)CCOc1ccc(F)cc1)[C@H](O)c1ccc2c(c1)OCCO2. The highest BCUT2D eigenvalue weighted by molar-refractivity contribution is 5.76. The summed E-state index contributed by atoms with van der Waals surface area (Å²) >= 11 is 0. The van der Waals surface area contributed by atoms with Crippen LogP contribution >= 0.6 is 0 Å². The summed E-state index contributed by atoms with van der Waals surface area (Å²) in [4.78, 5) is 15.2. The van der Waals surface area contributed by atoms with Crippen molar-refractivity contribution >= 4 is 5.91 Å². The van der Waals surface area contributed by atoms with E-state index in [4.69, 9.17) is 14.2 Å². The summed E-state index contributed by atoms with van der Waals surface area (Å²) in [5, 5.41) is 14.4. The van der Waals surface area contributed by atoms with Crippen molar-refractivity contribution in [3.63, 3.8) is 0 Å². The van der Waals surface area contributed by atoms with Gasteiger partial charge in [-0.15, -0.1) is 0 Å². The van der Waals surface area contributed by atoms with Crippen LogP contribution < -0.4 is 19.5 Å². The highest BCUT2D eigenvalue weighted by atomic mass is 19.1. The van der Waals surface area contributed by atoms with E-state index in [9.17, 15) is 14.3 Å². The van der Waals surface area contributed by atoms with Crippen LogP contribution in [0.25, 0.3) is 0 Å². The quantitative estimate of drug-likeness (QED) is 0.502. The fraction of sp³-hybridized carbons (Fsp3) is 0.519. The maximum atomic E-state index is 13.1. The predicted octanol–water partition coefficient (Wildman–Crippen LogP) is 3.85. The minimum absolute atomic E-state index is 0.125. The van der Waals surface area contributed by atoms with Crippen LogP contribution in [0.4, 0.5) is 4.39 Å². The van der Waals surface area contributed by atoms with Gasteiger partial charge in [0.25, 0.3) is 0 Å². The van der Waals surface area contributed by atoms with Crippen LogP contribution in [0.3, 0.4) is 0 Å². The van der Waals surface area contributed by atoms with E-state index in [0.29, 0.717) is 48.6 Å². The molecule has 7 nitrogen and oxygen atoms in total. The zero-order valence-electron chi connectivity index (χ0n) is 20.2.